The number of hydrogen-bond donors (Lipinski definition) is 2. The summed E-state index contributed by atoms with van der Waals surface area (Å²) < 4.78 is 12.7. The largest absolute Gasteiger partial charge is 0.399 e. The van der Waals surface area contributed by atoms with E-state index in [1.165, 1.54) is 12.1 Å². The Morgan fingerprint density at radius 1 is 0.721 bits per heavy atom. The van der Waals surface area contributed by atoms with Gasteiger partial charge in [0.25, 0.3) is 29.3 Å². The maximum absolute atomic E-state index is 13.1. The number of nitro groups is 1. The van der Waals surface area contributed by atoms with Crippen LogP contribution in [0.15, 0.2) is 60.7 Å². The highest BCUT2D eigenvalue weighted by molar-refractivity contribution is 7.85. The number of nitro benzene ring substituents is 1. The van der Waals surface area contributed by atoms with Gasteiger partial charge in [-0.1, -0.05) is 24.3 Å². The lowest BCUT2D eigenvalue weighted by Crippen LogP contribution is -2.44. The van der Waals surface area contributed by atoms with Crippen molar-refractivity contribution < 1.29 is 28.3 Å². The molecule has 0 saturated heterocycles. The van der Waals surface area contributed by atoms with Crippen molar-refractivity contribution in [3.8, 4) is 0 Å². The van der Waals surface area contributed by atoms with E-state index in [0.717, 1.165) is 9.80 Å². The molecule has 0 spiro atoms. The molecule has 2 aliphatic rings. The van der Waals surface area contributed by atoms with E-state index in [-0.39, 0.29) is 42.4 Å². The summed E-state index contributed by atoms with van der Waals surface area (Å²) in [6.45, 7) is 0.484. The molecule has 4 aromatic carbocycles. The molecule has 0 bridgehead atoms. The Labute approximate surface area is 247 Å². The Morgan fingerprint density at radius 2 is 1.28 bits per heavy atom. The average molecular weight is 600 g/mol. The van der Waals surface area contributed by atoms with Crippen LogP contribution in [0.25, 0.3) is 21.5 Å². The van der Waals surface area contributed by atoms with Crippen LogP contribution >= 0.6 is 0 Å². The minimum Gasteiger partial charge on any atom is -0.399 e. The van der Waals surface area contributed by atoms with Crippen LogP contribution in [0, 0.1) is 10.1 Å². The number of nitrogens with one attached hydrogen (secondary N) is 1. The van der Waals surface area contributed by atoms with Gasteiger partial charge in [0.05, 0.1) is 16.1 Å². The molecule has 0 saturated carbocycles. The number of nitrogen functional groups attached to an aromatic ring is 1. The van der Waals surface area contributed by atoms with E-state index in [2.05, 4.69) is 5.32 Å². The quantitative estimate of drug-likeness (QED) is 0.0913. The molecule has 12 nitrogen and oxygen atoms in total. The molecule has 43 heavy (non-hydrogen) atoms. The van der Waals surface area contributed by atoms with Gasteiger partial charge in [-0.15, -0.1) is 0 Å². The SMILES string of the molecule is Nc1cc2c3c(cccc3c1)C(=O)N(CCS(=O)CCNCCN1C(=O)c3cccc4cc([N+](=O)[O-])cc(c34)C1=O)C2=O. The topological polar surface area (TPSA) is 173 Å². The summed E-state index contributed by atoms with van der Waals surface area (Å²) in [4.78, 5) is 65.3. The van der Waals surface area contributed by atoms with Crippen molar-refractivity contribution in [3.63, 3.8) is 0 Å². The smallest absolute Gasteiger partial charge is 0.270 e. The Morgan fingerprint density at radius 3 is 1.91 bits per heavy atom. The molecular weight excluding hydrogens is 574 g/mol. The second-order valence-electron chi connectivity index (χ2n) is 10.2. The summed E-state index contributed by atoms with van der Waals surface area (Å²) in [5.41, 5.74) is 7.27. The summed E-state index contributed by atoms with van der Waals surface area (Å²) >= 11 is 0. The zero-order valence-corrected chi connectivity index (χ0v) is 23.5. The van der Waals surface area contributed by atoms with E-state index in [1.807, 2.05) is 0 Å². The predicted molar refractivity (Wildman–Crippen MR) is 160 cm³/mol. The minimum absolute atomic E-state index is 0.00763. The van der Waals surface area contributed by atoms with E-state index in [9.17, 15) is 33.5 Å². The molecule has 0 aromatic heterocycles. The number of nitrogens with two attached hydrogens (primary N) is 1. The van der Waals surface area contributed by atoms with Crippen molar-refractivity contribution in [2.75, 3.05) is 43.4 Å². The number of anilines is 1. The Balaban J connectivity index is 1.03. The number of benzene rings is 4. The van der Waals surface area contributed by atoms with Crippen molar-refractivity contribution in [3.05, 3.63) is 93.0 Å². The van der Waals surface area contributed by atoms with Crippen molar-refractivity contribution in [2.45, 2.75) is 0 Å². The standard InChI is InChI=1S/C30H25N5O7S/c31-19-13-17-3-1-5-21-25(17)23(15-19)29(38)34(28(21)37)10-12-43(42)11-8-32-7-9-33-27(36)22-6-2-4-18-14-20(35(40)41)16-24(26(18)22)30(33)39/h1-6,13-16,32H,7-12,31H2. The summed E-state index contributed by atoms with van der Waals surface area (Å²) in [5, 5.41) is 16.6. The molecule has 3 N–H and O–H groups in total. The number of rotatable bonds is 10. The van der Waals surface area contributed by atoms with Crippen LogP contribution in [0.1, 0.15) is 41.4 Å². The molecule has 4 aromatic rings. The minimum atomic E-state index is -1.37. The number of amides is 4. The van der Waals surface area contributed by atoms with Crippen molar-refractivity contribution in [2.24, 2.45) is 0 Å². The predicted octanol–water partition coefficient (Wildman–Crippen LogP) is 2.71. The lowest BCUT2D eigenvalue weighted by molar-refractivity contribution is -0.384. The van der Waals surface area contributed by atoms with Crippen LogP contribution in [-0.2, 0) is 10.8 Å². The highest BCUT2D eigenvalue weighted by Crippen LogP contribution is 2.34. The van der Waals surface area contributed by atoms with Crippen LogP contribution < -0.4 is 11.1 Å². The van der Waals surface area contributed by atoms with Crippen molar-refractivity contribution in [1.82, 2.24) is 15.1 Å². The Kier molecular flexibility index (Phi) is 7.20. The molecule has 218 valence electrons. The zero-order valence-electron chi connectivity index (χ0n) is 22.7. The number of imide groups is 2. The first-order valence-electron chi connectivity index (χ1n) is 13.5. The summed E-state index contributed by atoms with van der Waals surface area (Å²) in [5.74, 6) is -1.73. The van der Waals surface area contributed by atoms with Crippen LogP contribution in [-0.4, -0.2) is 80.2 Å². The Hall–Kier alpha value is -5.01. The third kappa shape index (κ3) is 4.91. The van der Waals surface area contributed by atoms with Gasteiger partial charge in [-0.3, -0.25) is 43.3 Å². The first-order chi connectivity index (χ1) is 20.7. The van der Waals surface area contributed by atoms with Gasteiger partial charge in [-0.05, 0) is 35.0 Å². The van der Waals surface area contributed by atoms with E-state index < -0.39 is 39.4 Å². The second kappa shape index (κ2) is 11.0. The fourth-order valence-corrected chi connectivity index (χ4v) is 6.59. The van der Waals surface area contributed by atoms with E-state index in [0.29, 0.717) is 50.5 Å². The fraction of sp³-hybridized carbons (Fsp3) is 0.200. The monoisotopic (exact) mass is 599 g/mol. The van der Waals surface area contributed by atoms with Gasteiger partial charge < -0.3 is 11.1 Å². The second-order valence-corrected chi connectivity index (χ2v) is 11.9. The molecule has 0 radical (unpaired) electrons. The van der Waals surface area contributed by atoms with Gasteiger partial charge >= 0.3 is 0 Å². The lowest BCUT2D eigenvalue weighted by Gasteiger charge is -2.27. The van der Waals surface area contributed by atoms with Gasteiger partial charge in [-0.2, -0.15) is 0 Å². The van der Waals surface area contributed by atoms with Crippen LogP contribution in [0.3, 0.4) is 0 Å². The first kappa shape index (κ1) is 28.1. The number of nitrogens with zero attached hydrogens (tertiary/aromatic N) is 3. The molecule has 1 atom stereocenters. The third-order valence-corrected chi connectivity index (χ3v) is 8.93. The zero-order chi connectivity index (χ0) is 30.4. The molecule has 6 rings (SSSR count). The Bertz CT molecular complexity index is 1920. The van der Waals surface area contributed by atoms with E-state index in [1.54, 1.807) is 48.5 Å². The van der Waals surface area contributed by atoms with Crippen molar-refractivity contribution in [1.29, 1.82) is 0 Å². The van der Waals surface area contributed by atoms with Crippen LogP contribution in [0.5, 0.6) is 0 Å². The maximum atomic E-state index is 13.1. The molecule has 2 heterocycles. The van der Waals surface area contributed by atoms with Gasteiger partial charge in [0.15, 0.2) is 0 Å². The molecule has 13 heteroatoms. The number of non-ortho nitro benzene ring substituents is 1. The van der Waals surface area contributed by atoms with E-state index >= 15 is 0 Å². The number of hydrogen-bond acceptors (Lipinski definition) is 9. The number of carbonyl (C=O) groups excluding carboxylic acids is 4. The van der Waals surface area contributed by atoms with Gasteiger partial charge in [0.2, 0.25) is 0 Å². The molecule has 0 fully saturated rings. The van der Waals surface area contributed by atoms with Gasteiger partial charge in [0, 0.05) is 88.2 Å². The van der Waals surface area contributed by atoms with E-state index in [4.69, 9.17) is 5.73 Å². The summed E-state index contributed by atoms with van der Waals surface area (Å²) in [6.07, 6.45) is 0. The first-order valence-corrected chi connectivity index (χ1v) is 15.0. The van der Waals surface area contributed by atoms with Gasteiger partial charge in [-0.25, -0.2) is 0 Å². The number of carbonyl (C=O) groups is 4. The lowest BCUT2D eigenvalue weighted by atomic mass is 9.93. The normalized spacial score (nSPS) is 15.1. The molecule has 2 aliphatic heterocycles. The molecule has 1 unspecified atom stereocenters. The highest BCUT2D eigenvalue weighted by atomic mass is 32.2. The maximum Gasteiger partial charge on any atom is 0.270 e. The van der Waals surface area contributed by atoms with Gasteiger partial charge in [0.1, 0.15) is 0 Å². The molecule has 4 amide bonds. The molecule has 0 aliphatic carbocycles. The van der Waals surface area contributed by atoms with Crippen molar-refractivity contribution >= 4 is 67.3 Å². The summed E-state index contributed by atoms with van der Waals surface area (Å²) in [6, 6.07) is 15.8. The highest BCUT2D eigenvalue weighted by Gasteiger charge is 2.35. The van der Waals surface area contributed by atoms with Crippen LogP contribution in [0.4, 0.5) is 11.4 Å². The average Bonchev–Trinajstić information content (AvgIpc) is 2.99. The molecular formula is C30H25N5O7S. The summed E-state index contributed by atoms with van der Waals surface area (Å²) in [7, 11) is -1.37. The fourth-order valence-electron chi connectivity index (χ4n) is 5.63. The third-order valence-electron chi connectivity index (χ3n) is 7.64. The van der Waals surface area contributed by atoms with Crippen LogP contribution in [0.2, 0.25) is 0 Å².